The molecule has 0 bridgehead atoms. The van der Waals surface area contributed by atoms with Crippen molar-refractivity contribution in [2.24, 2.45) is 0 Å². The number of aromatic nitrogens is 2. The van der Waals surface area contributed by atoms with Gasteiger partial charge in [-0.1, -0.05) is 35.4 Å². The van der Waals surface area contributed by atoms with Crippen LogP contribution in [0.1, 0.15) is 38.9 Å². The molecule has 0 saturated carbocycles. The fourth-order valence-corrected chi connectivity index (χ4v) is 7.63. The Kier molecular flexibility index (Phi) is 16.8. The normalized spacial score (nSPS) is 12.1. The van der Waals surface area contributed by atoms with E-state index in [2.05, 4.69) is 124 Å². The van der Waals surface area contributed by atoms with Crippen LogP contribution < -0.4 is 9.80 Å². The molecule has 0 spiro atoms. The molecular formula is C38H40Br2Cl2N4Ru. The average Bonchev–Trinajstić information content (AvgIpc) is 3.47. The zero-order valence-electron chi connectivity index (χ0n) is 27.5. The molecule has 4 nitrogen and oxygen atoms in total. The topological polar surface area (TPSA) is 32.3 Å². The SMILES string of the molecule is Brc1cccnc1.Brc1cccnc1.Cc1cc(C)c(N2[C]N(c3c(C)cc(C)cc3C)CC2)c(C)c1.[Cl][Ru]([Cl])=[CH]c1ccccc1. The van der Waals surface area contributed by atoms with Gasteiger partial charge in [0.25, 0.3) is 0 Å². The summed E-state index contributed by atoms with van der Waals surface area (Å²) in [7, 11) is 11.3. The second-order valence-electron chi connectivity index (χ2n) is 11.0. The molecule has 6 rings (SSSR count). The van der Waals surface area contributed by atoms with E-state index in [1.54, 1.807) is 24.8 Å². The number of rotatable bonds is 3. The molecule has 0 N–H and O–H groups in total. The predicted molar refractivity (Wildman–Crippen MR) is 206 cm³/mol. The Balaban J connectivity index is 0.000000204. The number of anilines is 2. The fraction of sp³-hybridized carbons (Fsp3) is 0.211. The van der Waals surface area contributed by atoms with Crippen molar-refractivity contribution >= 4 is 67.2 Å². The molecule has 2 radical (unpaired) electrons. The van der Waals surface area contributed by atoms with Crippen LogP contribution in [-0.4, -0.2) is 27.7 Å². The molecule has 47 heavy (non-hydrogen) atoms. The van der Waals surface area contributed by atoms with Crippen molar-refractivity contribution in [1.82, 2.24) is 9.97 Å². The Labute approximate surface area is 310 Å². The summed E-state index contributed by atoms with van der Waals surface area (Å²) in [4.78, 5) is 12.2. The standard InChI is InChI=1S/C21H26N2.C7H6.2C5H4BrN.2ClH.Ru/c1-14-9-16(3)20(17(4)10-14)22-7-8-23(13-22)21-18(5)11-15(2)12-19(21)6;1-7-5-3-2-4-6-7;2*6-5-2-1-3-7-4-5;;;/h9-12H,7-8H2,1-6H3;1-6H;2*1-4H;2*1H;/q;;;;;;+2/p-2. The molecule has 0 amide bonds. The Hall–Kier alpha value is -2.41. The molecule has 1 saturated heterocycles. The summed E-state index contributed by atoms with van der Waals surface area (Å²) >= 11 is 4.88. The Morgan fingerprint density at radius 1 is 0.638 bits per heavy atom. The molecule has 0 atom stereocenters. The minimum absolute atomic E-state index is 0.984. The molecule has 2 aromatic heterocycles. The Morgan fingerprint density at radius 3 is 1.34 bits per heavy atom. The molecule has 1 aliphatic rings. The molecule has 0 unspecified atom stereocenters. The van der Waals surface area contributed by atoms with Gasteiger partial charge in [-0.05, 0) is 120 Å². The predicted octanol–water partition coefficient (Wildman–Crippen LogP) is 11.3. The van der Waals surface area contributed by atoms with E-state index >= 15 is 0 Å². The molecule has 0 aliphatic carbocycles. The number of pyridine rings is 2. The van der Waals surface area contributed by atoms with Crippen LogP contribution in [0.15, 0.2) is 113 Å². The van der Waals surface area contributed by atoms with Crippen LogP contribution in [0.5, 0.6) is 0 Å². The van der Waals surface area contributed by atoms with Gasteiger partial charge in [-0.15, -0.1) is 0 Å². The first-order chi connectivity index (χ1) is 22.4. The molecule has 3 aromatic carbocycles. The van der Waals surface area contributed by atoms with Gasteiger partial charge < -0.3 is 9.80 Å². The monoisotopic (exact) mass is 882 g/mol. The van der Waals surface area contributed by atoms with Gasteiger partial charge in [-0.25, -0.2) is 0 Å². The van der Waals surface area contributed by atoms with E-state index in [0.29, 0.717) is 0 Å². The van der Waals surface area contributed by atoms with Crippen molar-refractivity contribution in [3.8, 4) is 0 Å². The van der Waals surface area contributed by atoms with Crippen molar-refractivity contribution in [3.63, 3.8) is 0 Å². The molecule has 3 heterocycles. The third-order valence-electron chi connectivity index (χ3n) is 6.84. The van der Waals surface area contributed by atoms with Crippen LogP contribution >= 0.6 is 51.2 Å². The number of halogens is 4. The third-order valence-corrected chi connectivity index (χ3v) is 9.65. The van der Waals surface area contributed by atoms with Gasteiger partial charge in [0.2, 0.25) is 6.67 Å². The number of aryl methyl sites for hydroxylation is 6. The summed E-state index contributed by atoms with van der Waals surface area (Å²) in [6.45, 7) is 18.7. The summed E-state index contributed by atoms with van der Waals surface area (Å²) in [5.74, 6) is 0. The van der Waals surface area contributed by atoms with Crippen LogP contribution in [0.2, 0.25) is 0 Å². The van der Waals surface area contributed by atoms with E-state index in [0.717, 1.165) is 27.6 Å². The van der Waals surface area contributed by atoms with E-state index in [4.69, 9.17) is 19.4 Å². The number of hydrogen-bond donors (Lipinski definition) is 0. The summed E-state index contributed by atoms with van der Waals surface area (Å²) in [5.41, 5.74) is 11.7. The number of hydrogen-bond acceptors (Lipinski definition) is 4. The van der Waals surface area contributed by atoms with Crippen LogP contribution in [0.3, 0.4) is 0 Å². The van der Waals surface area contributed by atoms with E-state index in [9.17, 15) is 0 Å². The second-order valence-corrected chi connectivity index (χ2v) is 18.5. The minimum atomic E-state index is -1.61. The van der Waals surface area contributed by atoms with Gasteiger partial charge in [0.15, 0.2) is 0 Å². The third kappa shape index (κ3) is 13.6. The zero-order valence-corrected chi connectivity index (χ0v) is 33.9. The van der Waals surface area contributed by atoms with Gasteiger partial charge in [0.05, 0.1) is 0 Å². The number of nitrogens with zero attached hydrogens (tertiary/aromatic N) is 4. The summed E-state index contributed by atoms with van der Waals surface area (Å²) < 4.78 is 3.97. The summed E-state index contributed by atoms with van der Waals surface area (Å²) in [6, 6.07) is 26.6. The molecule has 1 aliphatic heterocycles. The van der Waals surface area contributed by atoms with Crippen molar-refractivity contribution < 1.29 is 13.5 Å². The second kappa shape index (κ2) is 20.2. The van der Waals surface area contributed by atoms with Crippen molar-refractivity contribution in [3.05, 3.63) is 158 Å². The van der Waals surface area contributed by atoms with Gasteiger partial charge in [-0.2, -0.15) is 0 Å². The molecule has 1 fully saturated rings. The maximum absolute atomic E-state index is 5.67. The molecule has 5 aromatic rings. The van der Waals surface area contributed by atoms with Gasteiger partial charge >= 0.3 is 73.4 Å². The zero-order chi connectivity index (χ0) is 34.3. The maximum atomic E-state index is 5.67. The fourth-order valence-electron chi connectivity index (χ4n) is 5.26. The Bertz CT molecular complexity index is 1570. The quantitative estimate of drug-likeness (QED) is 0.169. The van der Waals surface area contributed by atoms with Gasteiger partial charge in [0, 0.05) is 58.2 Å². The molecule has 9 heteroatoms. The first kappa shape index (κ1) is 39.0. The molecular weight excluding hydrogens is 844 g/mol. The van der Waals surface area contributed by atoms with Crippen LogP contribution in [0.4, 0.5) is 11.4 Å². The van der Waals surface area contributed by atoms with E-state index in [-0.39, 0.29) is 0 Å². The average molecular weight is 885 g/mol. The first-order valence-corrected chi connectivity index (χ1v) is 22.0. The van der Waals surface area contributed by atoms with E-state index in [1.165, 1.54) is 44.8 Å². The van der Waals surface area contributed by atoms with Gasteiger partial charge in [-0.3, -0.25) is 9.97 Å². The molecule has 248 valence electrons. The first-order valence-electron chi connectivity index (χ1n) is 14.9. The van der Waals surface area contributed by atoms with Crippen molar-refractivity contribution in [2.75, 3.05) is 22.9 Å². The Morgan fingerprint density at radius 2 is 1.04 bits per heavy atom. The van der Waals surface area contributed by atoms with Crippen molar-refractivity contribution in [1.29, 1.82) is 0 Å². The van der Waals surface area contributed by atoms with Crippen molar-refractivity contribution in [2.45, 2.75) is 41.5 Å². The number of benzene rings is 3. The van der Waals surface area contributed by atoms with E-state index < -0.39 is 13.5 Å². The van der Waals surface area contributed by atoms with Gasteiger partial charge in [0.1, 0.15) is 0 Å². The van der Waals surface area contributed by atoms with Crippen LogP contribution in [0.25, 0.3) is 0 Å². The van der Waals surface area contributed by atoms with Crippen LogP contribution in [-0.2, 0) is 13.5 Å². The summed E-state index contributed by atoms with van der Waals surface area (Å²) in [6.07, 6.45) is 6.98. The van der Waals surface area contributed by atoms with Crippen LogP contribution in [0, 0.1) is 48.2 Å². The summed E-state index contributed by atoms with van der Waals surface area (Å²) in [5, 5.41) is 0. The van der Waals surface area contributed by atoms with E-state index in [1.807, 2.05) is 59.2 Å².